The highest BCUT2D eigenvalue weighted by atomic mass is 35.5. The van der Waals surface area contributed by atoms with Crippen LogP contribution in [0.3, 0.4) is 0 Å². The van der Waals surface area contributed by atoms with Crippen molar-refractivity contribution in [3.8, 4) is 0 Å². The predicted molar refractivity (Wildman–Crippen MR) is 75.2 cm³/mol. The first-order chi connectivity index (χ1) is 8.17. The summed E-state index contributed by atoms with van der Waals surface area (Å²) in [6.45, 7) is 1.78. The lowest BCUT2D eigenvalue weighted by molar-refractivity contribution is 0.446. The molecular weight excluding hydrogens is 277 g/mol. The van der Waals surface area contributed by atoms with E-state index in [1.807, 2.05) is 18.2 Å². The van der Waals surface area contributed by atoms with Crippen LogP contribution >= 0.6 is 34.8 Å². The van der Waals surface area contributed by atoms with E-state index in [9.17, 15) is 0 Å². The molecule has 4 heteroatoms. The van der Waals surface area contributed by atoms with Gasteiger partial charge >= 0.3 is 0 Å². The van der Waals surface area contributed by atoms with E-state index in [1.54, 1.807) is 0 Å². The fourth-order valence-electron chi connectivity index (χ4n) is 2.04. The van der Waals surface area contributed by atoms with Crippen molar-refractivity contribution in [3.05, 3.63) is 33.8 Å². The van der Waals surface area contributed by atoms with Crippen molar-refractivity contribution in [1.29, 1.82) is 0 Å². The molecule has 0 radical (unpaired) electrons. The fourth-order valence-corrected chi connectivity index (χ4v) is 2.83. The molecule has 0 heterocycles. The Hall–Kier alpha value is 0.0500. The summed E-state index contributed by atoms with van der Waals surface area (Å²) in [5.41, 5.74) is 1.51. The molecule has 2 rings (SSSR count). The highest BCUT2D eigenvalue weighted by Crippen LogP contribution is 2.48. The van der Waals surface area contributed by atoms with Crippen LogP contribution in [0.15, 0.2) is 18.2 Å². The van der Waals surface area contributed by atoms with Gasteiger partial charge in [-0.05, 0) is 36.3 Å². The molecule has 1 N–H and O–H groups in total. The van der Waals surface area contributed by atoms with Crippen LogP contribution in [0.1, 0.15) is 24.8 Å². The largest absolute Gasteiger partial charge is 0.312 e. The summed E-state index contributed by atoms with van der Waals surface area (Å²) in [6, 6.07) is 5.74. The van der Waals surface area contributed by atoms with Gasteiger partial charge in [-0.1, -0.05) is 35.3 Å². The molecule has 1 aromatic rings. The van der Waals surface area contributed by atoms with Crippen molar-refractivity contribution in [3.63, 3.8) is 0 Å². The third-order valence-electron chi connectivity index (χ3n) is 3.43. The Balaban J connectivity index is 1.84. The summed E-state index contributed by atoms with van der Waals surface area (Å²) in [4.78, 5) is 0. The Morgan fingerprint density at radius 1 is 1.24 bits per heavy atom. The van der Waals surface area contributed by atoms with E-state index < -0.39 is 0 Å². The molecule has 0 spiro atoms. The van der Waals surface area contributed by atoms with Crippen molar-refractivity contribution in [2.24, 2.45) is 5.41 Å². The Morgan fingerprint density at radius 2 is 2.00 bits per heavy atom. The highest BCUT2D eigenvalue weighted by Gasteiger charge is 2.41. The van der Waals surface area contributed by atoms with Crippen molar-refractivity contribution in [2.75, 3.05) is 12.4 Å². The lowest BCUT2D eigenvalue weighted by Crippen LogP contribution is -2.24. The average Bonchev–Trinajstić information content (AvgIpc) is 3.05. The minimum atomic E-state index is 0.451. The molecular formula is C13H16Cl3N. The van der Waals surface area contributed by atoms with E-state index in [0.29, 0.717) is 15.5 Å². The van der Waals surface area contributed by atoms with Gasteiger partial charge < -0.3 is 5.32 Å². The second kappa shape index (κ2) is 5.79. The van der Waals surface area contributed by atoms with Gasteiger partial charge in [-0.25, -0.2) is 0 Å². The molecule has 0 aromatic heterocycles. The first-order valence-electron chi connectivity index (χ1n) is 5.86. The Kier molecular flexibility index (Phi) is 4.59. The van der Waals surface area contributed by atoms with Crippen LogP contribution < -0.4 is 5.32 Å². The summed E-state index contributed by atoms with van der Waals surface area (Å²) in [5.74, 6) is 0.750. The molecule has 1 nitrogen and oxygen atoms in total. The van der Waals surface area contributed by atoms with Gasteiger partial charge in [-0.15, -0.1) is 11.6 Å². The van der Waals surface area contributed by atoms with Crippen LogP contribution in [0.5, 0.6) is 0 Å². The first kappa shape index (κ1) is 13.5. The molecule has 0 saturated heterocycles. The van der Waals surface area contributed by atoms with Gasteiger partial charge in [0.15, 0.2) is 0 Å². The SMILES string of the molecule is ClCCC1(CNCc2cccc(Cl)c2Cl)CC1. The number of benzene rings is 1. The monoisotopic (exact) mass is 291 g/mol. The quantitative estimate of drug-likeness (QED) is 0.762. The second-order valence-corrected chi connectivity index (χ2v) is 5.92. The van der Waals surface area contributed by atoms with E-state index in [4.69, 9.17) is 34.8 Å². The van der Waals surface area contributed by atoms with Crippen LogP contribution in [-0.4, -0.2) is 12.4 Å². The van der Waals surface area contributed by atoms with E-state index in [0.717, 1.165) is 31.0 Å². The molecule has 0 unspecified atom stereocenters. The van der Waals surface area contributed by atoms with Crippen molar-refractivity contribution >= 4 is 34.8 Å². The zero-order valence-corrected chi connectivity index (χ0v) is 11.9. The fraction of sp³-hybridized carbons (Fsp3) is 0.538. The Morgan fingerprint density at radius 3 is 2.65 bits per heavy atom. The second-order valence-electron chi connectivity index (χ2n) is 4.76. The maximum absolute atomic E-state index is 6.13. The van der Waals surface area contributed by atoms with E-state index in [-0.39, 0.29) is 0 Å². The van der Waals surface area contributed by atoms with Crippen molar-refractivity contribution in [2.45, 2.75) is 25.8 Å². The van der Waals surface area contributed by atoms with Gasteiger partial charge in [-0.3, -0.25) is 0 Å². The van der Waals surface area contributed by atoms with Crippen LogP contribution in [0.4, 0.5) is 0 Å². The molecule has 0 aliphatic heterocycles. The van der Waals surface area contributed by atoms with Crippen molar-refractivity contribution in [1.82, 2.24) is 5.32 Å². The van der Waals surface area contributed by atoms with Gasteiger partial charge in [0.1, 0.15) is 0 Å². The van der Waals surface area contributed by atoms with Gasteiger partial charge in [0, 0.05) is 19.0 Å². The molecule has 1 fully saturated rings. The lowest BCUT2D eigenvalue weighted by Gasteiger charge is -2.15. The highest BCUT2D eigenvalue weighted by molar-refractivity contribution is 6.42. The van der Waals surface area contributed by atoms with E-state index in [1.165, 1.54) is 12.8 Å². The standard InChI is InChI=1S/C13H16Cl3N/c14-7-6-13(4-5-13)9-17-8-10-2-1-3-11(15)12(10)16/h1-3,17H,4-9H2. The smallest absolute Gasteiger partial charge is 0.0637 e. The third-order valence-corrected chi connectivity index (χ3v) is 4.48. The summed E-state index contributed by atoms with van der Waals surface area (Å²) >= 11 is 17.9. The number of rotatable bonds is 6. The molecule has 94 valence electrons. The molecule has 0 bridgehead atoms. The summed E-state index contributed by atoms with van der Waals surface area (Å²) in [5, 5.41) is 4.73. The topological polar surface area (TPSA) is 12.0 Å². The van der Waals surface area contributed by atoms with Gasteiger partial charge in [0.05, 0.1) is 10.0 Å². The predicted octanol–water partition coefficient (Wildman–Crippen LogP) is 4.49. The van der Waals surface area contributed by atoms with Crippen LogP contribution in [0.2, 0.25) is 10.0 Å². The van der Waals surface area contributed by atoms with E-state index in [2.05, 4.69) is 5.32 Å². The lowest BCUT2D eigenvalue weighted by atomic mass is 10.0. The molecule has 1 aliphatic rings. The number of alkyl halides is 1. The minimum absolute atomic E-state index is 0.451. The molecule has 1 saturated carbocycles. The molecule has 17 heavy (non-hydrogen) atoms. The average molecular weight is 293 g/mol. The molecule has 0 amide bonds. The van der Waals surface area contributed by atoms with Crippen LogP contribution in [0.25, 0.3) is 0 Å². The maximum Gasteiger partial charge on any atom is 0.0637 e. The zero-order chi connectivity index (χ0) is 12.3. The van der Waals surface area contributed by atoms with Gasteiger partial charge in [0.25, 0.3) is 0 Å². The first-order valence-corrected chi connectivity index (χ1v) is 7.15. The van der Waals surface area contributed by atoms with Gasteiger partial charge in [-0.2, -0.15) is 0 Å². The number of halogens is 3. The van der Waals surface area contributed by atoms with Gasteiger partial charge in [0.2, 0.25) is 0 Å². The summed E-state index contributed by atoms with van der Waals surface area (Å²) in [7, 11) is 0. The van der Waals surface area contributed by atoms with Crippen molar-refractivity contribution < 1.29 is 0 Å². The number of hydrogen-bond donors (Lipinski definition) is 1. The number of nitrogens with one attached hydrogen (secondary N) is 1. The van der Waals surface area contributed by atoms with Crippen LogP contribution in [0, 0.1) is 5.41 Å². The maximum atomic E-state index is 6.13. The van der Waals surface area contributed by atoms with Crippen LogP contribution in [-0.2, 0) is 6.54 Å². The third kappa shape index (κ3) is 3.51. The van der Waals surface area contributed by atoms with E-state index >= 15 is 0 Å². The minimum Gasteiger partial charge on any atom is -0.312 e. The number of hydrogen-bond acceptors (Lipinski definition) is 1. The Bertz CT molecular complexity index is 388. The summed E-state index contributed by atoms with van der Waals surface area (Å²) < 4.78 is 0. The summed E-state index contributed by atoms with van der Waals surface area (Å²) in [6.07, 6.45) is 3.68. The molecule has 1 aromatic carbocycles. The molecule has 0 atom stereocenters. The zero-order valence-electron chi connectivity index (χ0n) is 9.61. The molecule has 1 aliphatic carbocycles. The Labute approximate surface area is 117 Å². The normalized spacial score (nSPS) is 17.1.